The zero-order valence-corrected chi connectivity index (χ0v) is 13.9. The minimum absolute atomic E-state index is 0.139. The molecule has 1 N–H and O–H groups in total. The van der Waals surface area contributed by atoms with Crippen molar-refractivity contribution >= 4 is 5.91 Å². The lowest BCUT2D eigenvalue weighted by molar-refractivity contribution is -0.132. The number of likely N-dealkylation sites (tertiary alicyclic amines) is 1. The molecule has 3 heterocycles. The highest BCUT2D eigenvalue weighted by atomic mass is 16.2. The number of aryl methyl sites for hydroxylation is 2. The Labute approximate surface area is 137 Å². The van der Waals surface area contributed by atoms with Gasteiger partial charge in [0.1, 0.15) is 0 Å². The van der Waals surface area contributed by atoms with Crippen molar-refractivity contribution in [1.29, 1.82) is 0 Å². The van der Waals surface area contributed by atoms with Crippen LogP contribution in [0.1, 0.15) is 54.2 Å². The van der Waals surface area contributed by atoms with Gasteiger partial charge in [-0.2, -0.15) is 5.10 Å². The maximum Gasteiger partial charge on any atom is 0.227 e. The van der Waals surface area contributed by atoms with Gasteiger partial charge >= 0.3 is 0 Å². The van der Waals surface area contributed by atoms with Gasteiger partial charge in [-0.1, -0.05) is 18.9 Å². The summed E-state index contributed by atoms with van der Waals surface area (Å²) in [7, 11) is 0. The van der Waals surface area contributed by atoms with Gasteiger partial charge in [-0.25, -0.2) is 0 Å². The fourth-order valence-electron chi connectivity index (χ4n) is 3.54. The predicted octanol–water partition coefficient (Wildman–Crippen LogP) is 3.11. The van der Waals surface area contributed by atoms with E-state index < -0.39 is 0 Å². The molecule has 1 atom stereocenters. The van der Waals surface area contributed by atoms with Crippen molar-refractivity contribution in [2.45, 2.75) is 52.0 Å². The van der Waals surface area contributed by atoms with Gasteiger partial charge in [-0.05, 0) is 38.3 Å². The number of H-pyrrole nitrogens is 1. The topological polar surface area (TPSA) is 61.9 Å². The molecule has 2 aromatic heterocycles. The molecule has 1 fully saturated rings. The maximum absolute atomic E-state index is 12.9. The Morgan fingerprint density at radius 3 is 2.91 bits per heavy atom. The first kappa shape index (κ1) is 15.7. The molecule has 1 saturated heterocycles. The molecular weight excluding hydrogens is 288 g/mol. The second-order valence-corrected chi connectivity index (χ2v) is 6.34. The van der Waals surface area contributed by atoms with E-state index in [4.69, 9.17) is 0 Å². The molecule has 2 aromatic rings. The summed E-state index contributed by atoms with van der Waals surface area (Å²) in [6.07, 6.45) is 8.36. The van der Waals surface area contributed by atoms with Crippen LogP contribution in [0.25, 0.3) is 0 Å². The lowest BCUT2D eigenvalue weighted by atomic mass is 9.98. The Bertz CT molecular complexity index is 645. The van der Waals surface area contributed by atoms with E-state index in [0.29, 0.717) is 6.42 Å². The summed E-state index contributed by atoms with van der Waals surface area (Å²) in [5.74, 6) is 0.185. The van der Waals surface area contributed by atoms with E-state index in [2.05, 4.69) is 20.1 Å². The Balaban J connectivity index is 1.85. The number of aromatic nitrogens is 3. The van der Waals surface area contributed by atoms with Crippen LogP contribution in [0.5, 0.6) is 0 Å². The first-order valence-electron chi connectivity index (χ1n) is 8.36. The average Bonchev–Trinajstić information content (AvgIpc) is 2.76. The van der Waals surface area contributed by atoms with Crippen molar-refractivity contribution < 1.29 is 4.79 Å². The number of amides is 1. The minimum Gasteiger partial charge on any atom is -0.335 e. The largest absolute Gasteiger partial charge is 0.335 e. The molecule has 1 unspecified atom stereocenters. The Morgan fingerprint density at radius 2 is 2.22 bits per heavy atom. The summed E-state index contributed by atoms with van der Waals surface area (Å²) in [6, 6.07) is 3.99. The fourth-order valence-corrected chi connectivity index (χ4v) is 3.54. The van der Waals surface area contributed by atoms with Crippen molar-refractivity contribution in [3.63, 3.8) is 0 Å². The van der Waals surface area contributed by atoms with Gasteiger partial charge in [0.2, 0.25) is 5.91 Å². The van der Waals surface area contributed by atoms with Crippen molar-refractivity contribution in [2.75, 3.05) is 6.54 Å². The molecule has 1 aliphatic rings. The van der Waals surface area contributed by atoms with Crippen LogP contribution in [0.2, 0.25) is 0 Å². The quantitative estimate of drug-likeness (QED) is 0.947. The minimum atomic E-state index is 0.139. The molecule has 0 saturated carbocycles. The van der Waals surface area contributed by atoms with Crippen molar-refractivity contribution in [1.82, 2.24) is 20.1 Å². The first-order chi connectivity index (χ1) is 11.2. The number of carbonyl (C=O) groups excluding carboxylic acids is 1. The highest BCUT2D eigenvalue weighted by Gasteiger charge is 2.29. The van der Waals surface area contributed by atoms with Crippen molar-refractivity contribution in [3.8, 4) is 0 Å². The summed E-state index contributed by atoms with van der Waals surface area (Å²) < 4.78 is 0. The normalized spacial score (nSPS) is 18.7. The summed E-state index contributed by atoms with van der Waals surface area (Å²) in [6.45, 7) is 4.89. The third-order valence-electron chi connectivity index (χ3n) is 4.67. The highest BCUT2D eigenvalue weighted by Crippen LogP contribution is 2.33. The van der Waals surface area contributed by atoms with Crippen molar-refractivity contribution in [3.05, 3.63) is 47.0 Å². The van der Waals surface area contributed by atoms with Crippen LogP contribution in [0.15, 0.2) is 24.5 Å². The third-order valence-corrected chi connectivity index (χ3v) is 4.67. The van der Waals surface area contributed by atoms with Crippen LogP contribution in [0, 0.1) is 13.8 Å². The summed E-state index contributed by atoms with van der Waals surface area (Å²) >= 11 is 0. The van der Waals surface area contributed by atoms with Crippen LogP contribution < -0.4 is 0 Å². The molecule has 1 aliphatic heterocycles. The van der Waals surface area contributed by atoms with E-state index in [0.717, 1.165) is 42.8 Å². The molecular formula is C18H24N4O. The third kappa shape index (κ3) is 3.44. The fraction of sp³-hybridized carbons (Fsp3) is 0.500. The number of carbonyl (C=O) groups is 1. The zero-order valence-electron chi connectivity index (χ0n) is 13.9. The molecule has 0 bridgehead atoms. The Kier molecular flexibility index (Phi) is 4.74. The monoisotopic (exact) mass is 312 g/mol. The molecule has 0 aromatic carbocycles. The molecule has 3 rings (SSSR count). The summed E-state index contributed by atoms with van der Waals surface area (Å²) in [5, 5.41) is 7.39. The van der Waals surface area contributed by atoms with Crippen LogP contribution in [0.3, 0.4) is 0 Å². The number of hydrogen-bond acceptors (Lipinski definition) is 3. The number of nitrogens with one attached hydrogen (secondary N) is 1. The summed E-state index contributed by atoms with van der Waals surface area (Å²) in [4.78, 5) is 19.1. The number of rotatable bonds is 3. The van der Waals surface area contributed by atoms with Gasteiger partial charge in [-0.3, -0.25) is 14.9 Å². The molecule has 122 valence electrons. The van der Waals surface area contributed by atoms with Gasteiger partial charge in [0, 0.05) is 30.2 Å². The lowest BCUT2D eigenvalue weighted by Gasteiger charge is -2.30. The molecule has 23 heavy (non-hydrogen) atoms. The molecule has 5 nitrogen and oxygen atoms in total. The first-order valence-corrected chi connectivity index (χ1v) is 8.36. The van der Waals surface area contributed by atoms with E-state index in [1.165, 1.54) is 12.0 Å². The number of hydrogen-bond donors (Lipinski definition) is 1. The van der Waals surface area contributed by atoms with Gasteiger partial charge in [0.05, 0.1) is 18.2 Å². The lowest BCUT2D eigenvalue weighted by Crippen LogP contribution is -2.36. The zero-order chi connectivity index (χ0) is 16.2. The Hall–Kier alpha value is -2.17. The Morgan fingerprint density at radius 1 is 1.35 bits per heavy atom. The smallest absolute Gasteiger partial charge is 0.227 e. The van der Waals surface area contributed by atoms with E-state index in [9.17, 15) is 4.79 Å². The predicted molar refractivity (Wildman–Crippen MR) is 88.9 cm³/mol. The molecule has 0 spiro atoms. The van der Waals surface area contributed by atoms with Gasteiger partial charge in [-0.15, -0.1) is 0 Å². The molecule has 5 heteroatoms. The second-order valence-electron chi connectivity index (χ2n) is 6.34. The van der Waals surface area contributed by atoms with E-state index in [-0.39, 0.29) is 11.9 Å². The maximum atomic E-state index is 12.9. The second kappa shape index (κ2) is 6.94. The van der Waals surface area contributed by atoms with Crippen LogP contribution >= 0.6 is 0 Å². The van der Waals surface area contributed by atoms with E-state index in [1.54, 1.807) is 12.4 Å². The number of pyridine rings is 1. The average molecular weight is 312 g/mol. The van der Waals surface area contributed by atoms with Crippen molar-refractivity contribution in [2.24, 2.45) is 0 Å². The molecule has 0 radical (unpaired) electrons. The highest BCUT2D eigenvalue weighted by molar-refractivity contribution is 5.79. The standard InChI is InChI=1S/C18H24N4O/c1-13-18(14(2)21-20-13)16-8-4-3-5-10-22(16)17(23)11-15-7-6-9-19-12-15/h6-7,9,12,16H,3-5,8,10-11H2,1-2H3,(H,20,21). The van der Waals surface area contributed by atoms with Gasteiger partial charge in [0.25, 0.3) is 0 Å². The van der Waals surface area contributed by atoms with Gasteiger partial charge < -0.3 is 4.90 Å². The van der Waals surface area contributed by atoms with Crippen LogP contribution in [-0.2, 0) is 11.2 Å². The molecule has 1 amide bonds. The molecule has 0 aliphatic carbocycles. The number of nitrogens with zero attached hydrogens (tertiary/aromatic N) is 3. The van der Waals surface area contributed by atoms with E-state index in [1.807, 2.05) is 26.0 Å². The summed E-state index contributed by atoms with van der Waals surface area (Å²) in [5.41, 5.74) is 4.26. The van der Waals surface area contributed by atoms with E-state index >= 15 is 0 Å². The van der Waals surface area contributed by atoms with Crippen LogP contribution in [0.4, 0.5) is 0 Å². The SMILES string of the molecule is Cc1n[nH]c(C)c1C1CCCCCN1C(=O)Cc1cccnc1. The van der Waals surface area contributed by atoms with Gasteiger partial charge in [0.15, 0.2) is 0 Å². The van der Waals surface area contributed by atoms with Crippen LogP contribution in [-0.4, -0.2) is 32.5 Å². The number of aromatic amines is 1.